The van der Waals surface area contributed by atoms with Crippen molar-refractivity contribution in [3.05, 3.63) is 58.8 Å². The van der Waals surface area contributed by atoms with Gasteiger partial charge in [-0.05, 0) is 73.6 Å². The number of hydrogen-bond donors (Lipinski definition) is 2. The fraction of sp³-hybridized carbons (Fsp3) is 0.538. The van der Waals surface area contributed by atoms with Crippen LogP contribution in [0.3, 0.4) is 0 Å². The summed E-state index contributed by atoms with van der Waals surface area (Å²) < 4.78 is 6.15. The van der Waals surface area contributed by atoms with Crippen LogP contribution < -0.4 is 5.32 Å². The van der Waals surface area contributed by atoms with E-state index >= 15 is 0 Å². The molecule has 3 aliphatic rings. The number of carbonyl (C=O) groups is 1. The third kappa shape index (κ3) is 4.81. The Labute approximate surface area is 190 Å². The Balaban J connectivity index is 1.13. The second-order valence-electron chi connectivity index (χ2n) is 9.36. The lowest BCUT2D eigenvalue weighted by Crippen LogP contribution is -2.34. The predicted molar refractivity (Wildman–Crippen MR) is 124 cm³/mol. The smallest absolute Gasteiger partial charge is 0.325 e. The molecule has 1 aromatic carbocycles. The van der Waals surface area contributed by atoms with Gasteiger partial charge in [0.25, 0.3) is 0 Å². The minimum absolute atomic E-state index is 0.100. The van der Waals surface area contributed by atoms with Gasteiger partial charge < -0.3 is 15.2 Å². The van der Waals surface area contributed by atoms with Gasteiger partial charge in [0.2, 0.25) is 0 Å². The van der Waals surface area contributed by atoms with Crippen molar-refractivity contribution in [3.63, 3.8) is 0 Å². The van der Waals surface area contributed by atoms with E-state index in [2.05, 4.69) is 28.4 Å². The van der Waals surface area contributed by atoms with E-state index in [1.807, 2.05) is 18.2 Å². The second-order valence-corrected chi connectivity index (χ2v) is 9.36. The van der Waals surface area contributed by atoms with Crippen molar-refractivity contribution in [1.29, 1.82) is 0 Å². The van der Waals surface area contributed by atoms with Gasteiger partial charge in [-0.3, -0.25) is 9.69 Å². The summed E-state index contributed by atoms with van der Waals surface area (Å²) in [5, 5.41) is 13.4. The van der Waals surface area contributed by atoms with Crippen LogP contribution in [-0.4, -0.2) is 53.3 Å². The zero-order valence-electron chi connectivity index (χ0n) is 18.6. The van der Waals surface area contributed by atoms with Gasteiger partial charge in [0, 0.05) is 31.9 Å². The maximum Gasteiger partial charge on any atom is 0.325 e. The van der Waals surface area contributed by atoms with E-state index in [0.717, 1.165) is 55.8 Å². The van der Waals surface area contributed by atoms with Gasteiger partial charge in [-0.15, -0.1) is 0 Å². The number of nitrogens with one attached hydrogen (secondary N) is 1. The van der Waals surface area contributed by atoms with Gasteiger partial charge in [0.15, 0.2) is 0 Å². The number of carboxylic acid groups (broad SMARTS) is 1. The number of aliphatic carboxylic acids is 1. The van der Waals surface area contributed by atoms with E-state index in [1.165, 1.54) is 30.4 Å². The number of aromatic nitrogens is 1. The van der Waals surface area contributed by atoms with Crippen molar-refractivity contribution in [2.24, 2.45) is 0 Å². The van der Waals surface area contributed by atoms with Crippen LogP contribution in [0.4, 0.5) is 5.82 Å². The number of rotatable bonds is 9. The molecule has 6 heteroatoms. The average Bonchev–Trinajstić information content (AvgIpc) is 3.56. The predicted octanol–water partition coefficient (Wildman–Crippen LogP) is 4.17. The third-order valence-corrected chi connectivity index (χ3v) is 6.97. The molecule has 170 valence electrons. The zero-order chi connectivity index (χ0) is 21.9. The van der Waals surface area contributed by atoms with Crippen molar-refractivity contribution >= 4 is 11.8 Å². The highest BCUT2D eigenvalue weighted by molar-refractivity contribution is 5.76. The van der Waals surface area contributed by atoms with E-state index in [1.54, 1.807) is 0 Å². The number of aryl methyl sites for hydroxylation is 2. The summed E-state index contributed by atoms with van der Waals surface area (Å²) >= 11 is 0. The maximum atomic E-state index is 12.2. The Morgan fingerprint density at radius 3 is 2.94 bits per heavy atom. The Bertz CT molecular complexity index is 959. The lowest BCUT2D eigenvalue weighted by atomic mass is 9.96. The van der Waals surface area contributed by atoms with Crippen LogP contribution in [0.2, 0.25) is 0 Å². The monoisotopic (exact) mass is 435 g/mol. The third-order valence-electron chi connectivity index (χ3n) is 6.97. The molecule has 3 heterocycles. The molecule has 1 aromatic heterocycles. The van der Waals surface area contributed by atoms with Gasteiger partial charge in [-0.25, -0.2) is 4.98 Å². The van der Waals surface area contributed by atoms with Crippen LogP contribution in [0.5, 0.6) is 0 Å². The fourth-order valence-corrected chi connectivity index (χ4v) is 5.15. The molecule has 2 aromatic rings. The minimum Gasteiger partial charge on any atom is -0.480 e. The summed E-state index contributed by atoms with van der Waals surface area (Å²) in [6.45, 7) is 3.13. The van der Waals surface area contributed by atoms with E-state index in [4.69, 9.17) is 9.72 Å². The molecule has 2 atom stereocenters. The average molecular weight is 436 g/mol. The number of anilines is 1. The Hall–Kier alpha value is -2.44. The van der Waals surface area contributed by atoms with E-state index in [9.17, 15) is 9.90 Å². The van der Waals surface area contributed by atoms with E-state index in [-0.39, 0.29) is 6.10 Å². The molecule has 0 spiro atoms. The molecule has 1 saturated heterocycles. The molecule has 2 fully saturated rings. The standard InChI is InChI=1S/C26H33N3O3/c30-26(31)24(23-8-2-1-7-22(23)18-9-10-18)29-15-13-21(17-29)32-16-4-6-20-12-11-19-5-3-14-27-25(19)28-20/h1-2,7-8,11-12,18,21,24H,3-6,9-10,13-17H2,(H,27,28)(H,30,31)/t21-,24-/m1/s1. The van der Waals surface area contributed by atoms with E-state index < -0.39 is 12.0 Å². The van der Waals surface area contributed by atoms with Gasteiger partial charge in [-0.1, -0.05) is 30.3 Å². The molecule has 32 heavy (non-hydrogen) atoms. The van der Waals surface area contributed by atoms with Gasteiger partial charge >= 0.3 is 5.97 Å². The highest BCUT2D eigenvalue weighted by Gasteiger charge is 2.37. The normalized spacial score (nSPS) is 21.7. The molecule has 0 bridgehead atoms. The van der Waals surface area contributed by atoms with Crippen molar-refractivity contribution in [1.82, 2.24) is 9.88 Å². The molecule has 0 radical (unpaired) electrons. The lowest BCUT2D eigenvalue weighted by molar-refractivity contribution is -0.143. The van der Waals surface area contributed by atoms with Crippen molar-refractivity contribution in [3.8, 4) is 0 Å². The van der Waals surface area contributed by atoms with Crippen LogP contribution in [-0.2, 0) is 22.4 Å². The maximum absolute atomic E-state index is 12.2. The molecule has 1 aliphatic carbocycles. The van der Waals surface area contributed by atoms with Crippen molar-refractivity contribution < 1.29 is 14.6 Å². The SMILES string of the molecule is O=C(O)[C@@H](c1ccccc1C1CC1)N1CC[C@@H](OCCCc2ccc3c(n2)NCCC3)C1. The summed E-state index contributed by atoms with van der Waals surface area (Å²) in [4.78, 5) is 19.1. The molecule has 6 nitrogen and oxygen atoms in total. The molecular weight excluding hydrogens is 402 g/mol. The number of carboxylic acids is 1. The van der Waals surface area contributed by atoms with Gasteiger partial charge in [-0.2, -0.15) is 0 Å². The number of hydrogen-bond acceptors (Lipinski definition) is 5. The Morgan fingerprint density at radius 2 is 2.09 bits per heavy atom. The van der Waals surface area contributed by atoms with Crippen LogP contribution >= 0.6 is 0 Å². The highest BCUT2D eigenvalue weighted by Crippen LogP contribution is 2.44. The van der Waals surface area contributed by atoms with Crippen molar-refractivity contribution in [2.45, 2.75) is 63.0 Å². The quantitative estimate of drug-likeness (QED) is 0.576. The zero-order valence-corrected chi connectivity index (χ0v) is 18.6. The first-order chi connectivity index (χ1) is 15.7. The van der Waals surface area contributed by atoms with Crippen LogP contribution in [0.1, 0.15) is 66.4 Å². The highest BCUT2D eigenvalue weighted by atomic mass is 16.5. The number of ether oxygens (including phenoxy) is 1. The van der Waals surface area contributed by atoms with Crippen molar-refractivity contribution in [2.75, 3.05) is 31.6 Å². The summed E-state index contributed by atoms with van der Waals surface area (Å²) in [7, 11) is 0. The first kappa shape index (κ1) is 21.4. The molecule has 0 unspecified atom stereocenters. The molecule has 2 N–H and O–H groups in total. The van der Waals surface area contributed by atoms with Crippen LogP contribution in [0, 0.1) is 0 Å². The minimum atomic E-state index is -0.758. The number of fused-ring (bicyclic) bond motifs is 1. The first-order valence-corrected chi connectivity index (χ1v) is 12.1. The summed E-state index contributed by atoms with van der Waals surface area (Å²) in [6.07, 6.45) is 7.44. The topological polar surface area (TPSA) is 74.7 Å². The number of nitrogens with zero attached hydrogens (tertiary/aromatic N) is 2. The molecular formula is C26H33N3O3. The summed E-state index contributed by atoms with van der Waals surface area (Å²) in [5.74, 6) is 0.827. The number of likely N-dealkylation sites (tertiary alicyclic amines) is 1. The summed E-state index contributed by atoms with van der Waals surface area (Å²) in [5.41, 5.74) is 4.61. The van der Waals surface area contributed by atoms with Crippen LogP contribution in [0.25, 0.3) is 0 Å². The summed E-state index contributed by atoms with van der Waals surface area (Å²) in [6, 6.07) is 11.9. The fourth-order valence-electron chi connectivity index (χ4n) is 5.15. The molecule has 1 saturated carbocycles. The molecule has 0 amide bonds. The Morgan fingerprint density at radius 1 is 1.22 bits per heavy atom. The second kappa shape index (κ2) is 9.59. The largest absolute Gasteiger partial charge is 0.480 e. The van der Waals surface area contributed by atoms with E-state index in [0.29, 0.717) is 19.1 Å². The van der Waals surface area contributed by atoms with Gasteiger partial charge in [0.05, 0.1) is 6.10 Å². The lowest BCUT2D eigenvalue weighted by Gasteiger charge is -2.26. The molecule has 2 aliphatic heterocycles. The van der Waals surface area contributed by atoms with Crippen LogP contribution in [0.15, 0.2) is 36.4 Å². The van der Waals surface area contributed by atoms with Gasteiger partial charge in [0.1, 0.15) is 11.9 Å². The first-order valence-electron chi connectivity index (χ1n) is 12.1. The number of pyridine rings is 1. The number of benzene rings is 1. The Kier molecular flexibility index (Phi) is 6.42. The molecule has 5 rings (SSSR count).